The Kier molecular flexibility index (Phi) is 7.15. The summed E-state index contributed by atoms with van der Waals surface area (Å²) in [6.45, 7) is 3.69. The number of hydrogen-bond acceptors (Lipinski definition) is 4. The number of fused-ring (bicyclic) bond motifs is 1. The van der Waals surface area contributed by atoms with Gasteiger partial charge in [-0.05, 0) is 37.1 Å². The molecule has 0 aromatic heterocycles. The maximum absolute atomic E-state index is 13.3. The number of rotatable bonds is 7. The Hall–Kier alpha value is -4.46. The topological polar surface area (TPSA) is 116 Å². The molecule has 184 valence electrons. The van der Waals surface area contributed by atoms with Crippen molar-refractivity contribution in [1.29, 1.82) is 0 Å². The largest absolute Gasteiger partial charge is 0.352 e. The number of para-hydroxylation sites is 1. The number of hydrogen-bond donors (Lipinski definition) is 4. The summed E-state index contributed by atoms with van der Waals surface area (Å²) in [7, 11) is 0. The molecule has 1 aliphatic heterocycles. The van der Waals surface area contributed by atoms with Crippen LogP contribution >= 0.6 is 0 Å². The Morgan fingerprint density at radius 3 is 1.92 bits per heavy atom. The average Bonchev–Trinajstić information content (AvgIpc) is 3.01. The Labute approximate surface area is 209 Å². The van der Waals surface area contributed by atoms with Gasteiger partial charge in [0, 0.05) is 13.1 Å². The Morgan fingerprint density at radius 2 is 1.31 bits per heavy atom. The molecule has 0 fully saturated rings. The molecule has 0 saturated heterocycles. The molecule has 0 spiro atoms. The highest BCUT2D eigenvalue weighted by Crippen LogP contribution is 2.36. The maximum atomic E-state index is 13.3. The van der Waals surface area contributed by atoms with E-state index >= 15 is 0 Å². The highest BCUT2D eigenvalue weighted by atomic mass is 16.2. The van der Waals surface area contributed by atoms with Gasteiger partial charge in [0.1, 0.15) is 5.92 Å². The fourth-order valence-corrected chi connectivity index (χ4v) is 4.17. The second-order valence-electron chi connectivity index (χ2n) is 9.20. The van der Waals surface area contributed by atoms with Gasteiger partial charge in [-0.2, -0.15) is 0 Å². The van der Waals surface area contributed by atoms with Crippen LogP contribution in [0.4, 0.5) is 11.4 Å². The summed E-state index contributed by atoms with van der Waals surface area (Å²) in [5, 5.41) is 11.1. The molecular weight excluding hydrogens is 456 g/mol. The van der Waals surface area contributed by atoms with Gasteiger partial charge in [0.05, 0.1) is 22.4 Å². The molecular formula is C28H28N4O4. The fraction of sp³-hybridized carbons (Fsp3) is 0.214. The first-order chi connectivity index (χ1) is 17.3. The molecule has 36 heavy (non-hydrogen) atoms. The summed E-state index contributed by atoms with van der Waals surface area (Å²) in [5.74, 6) is -3.43. The molecule has 0 radical (unpaired) electrons. The normalized spacial score (nSPS) is 15.1. The minimum absolute atomic E-state index is 0.199. The molecule has 0 bridgehead atoms. The predicted octanol–water partition coefficient (Wildman–Crippen LogP) is 3.47. The van der Waals surface area contributed by atoms with Crippen molar-refractivity contribution in [3.8, 4) is 0 Å². The quantitative estimate of drug-likeness (QED) is 0.384. The Balaban J connectivity index is 1.52. The van der Waals surface area contributed by atoms with E-state index in [-0.39, 0.29) is 17.8 Å². The monoisotopic (exact) mass is 484 g/mol. The summed E-state index contributed by atoms with van der Waals surface area (Å²) in [5.41, 5.74) is 1.17. The van der Waals surface area contributed by atoms with Crippen molar-refractivity contribution < 1.29 is 19.2 Å². The van der Waals surface area contributed by atoms with E-state index in [0.717, 1.165) is 11.1 Å². The lowest BCUT2D eigenvalue weighted by atomic mass is 9.76. The summed E-state index contributed by atoms with van der Waals surface area (Å²) in [4.78, 5) is 52.5. The highest BCUT2D eigenvalue weighted by molar-refractivity contribution is 6.20. The van der Waals surface area contributed by atoms with Gasteiger partial charge in [-0.25, -0.2) is 0 Å². The van der Waals surface area contributed by atoms with Gasteiger partial charge in [-0.15, -0.1) is 0 Å². The summed E-state index contributed by atoms with van der Waals surface area (Å²) >= 11 is 0. The lowest BCUT2D eigenvalue weighted by Crippen LogP contribution is -2.50. The minimum Gasteiger partial charge on any atom is -0.352 e. The lowest BCUT2D eigenvalue weighted by Gasteiger charge is -2.29. The summed E-state index contributed by atoms with van der Waals surface area (Å²) < 4.78 is 0. The highest BCUT2D eigenvalue weighted by Gasteiger charge is 2.47. The minimum atomic E-state index is -1.36. The number of amides is 4. The van der Waals surface area contributed by atoms with Crippen LogP contribution < -0.4 is 21.3 Å². The van der Waals surface area contributed by atoms with Gasteiger partial charge < -0.3 is 21.3 Å². The van der Waals surface area contributed by atoms with Crippen LogP contribution in [0.15, 0.2) is 78.9 Å². The third-order valence-corrected chi connectivity index (χ3v) is 6.24. The van der Waals surface area contributed by atoms with Gasteiger partial charge in [0.15, 0.2) is 0 Å². The first-order valence-corrected chi connectivity index (χ1v) is 11.7. The molecule has 3 aromatic rings. The molecule has 4 N–H and O–H groups in total. The molecule has 4 amide bonds. The molecule has 0 saturated carbocycles. The van der Waals surface area contributed by atoms with Gasteiger partial charge in [0.2, 0.25) is 17.7 Å². The van der Waals surface area contributed by atoms with Crippen molar-refractivity contribution >= 4 is 35.0 Å². The molecule has 1 heterocycles. The van der Waals surface area contributed by atoms with Crippen LogP contribution in [0.25, 0.3) is 0 Å². The van der Waals surface area contributed by atoms with E-state index in [1.54, 1.807) is 32.0 Å². The van der Waals surface area contributed by atoms with Crippen LogP contribution in [-0.2, 0) is 27.5 Å². The maximum Gasteiger partial charge on any atom is 0.253 e. The van der Waals surface area contributed by atoms with Gasteiger partial charge in [-0.3, -0.25) is 19.2 Å². The zero-order valence-electron chi connectivity index (χ0n) is 20.1. The first-order valence-electron chi connectivity index (χ1n) is 11.7. The number of anilines is 2. The number of carbonyl (C=O) groups excluding carboxylic acids is 4. The van der Waals surface area contributed by atoms with Crippen molar-refractivity contribution in [1.82, 2.24) is 10.6 Å². The standard InChI is InChI=1S/C28H28N4O4/c1-28(2,27(36)30-17-19-12-7-4-8-13-19)22-25(34)31-21-15-9-14-20(23(21)32-26(22)35)24(33)29-16-18-10-5-3-6-11-18/h3-15,22H,16-17H2,1-2H3,(H,29,33)(H,30,36)(H,31,34)(H,32,35). The molecule has 8 nitrogen and oxygen atoms in total. The van der Waals surface area contributed by atoms with Crippen LogP contribution in [0.1, 0.15) is 35.3 Å². The molecule has 8 heteroatoms. The van der Waals surface area contributed by atoms with Gasteiger partial charge in [-0.1, -0.05) is 66.7 Å². The molecule has 0 aliphatic carbocycles. The van der Waals surface area contributed by atoms with Crippen molar-refractivity contribution in [3.63, 3.8) is 0 Å². The third-order valence-electron chi connectivity index (χ3n) is 6.24. The molecule has 1 aliphatic rings. The third kappa shape index (κ3) is 5.27. The van der Waals surface area contributed by atoms with E-state index < -0.39 is 35.0 Å². The van der Waals surface area contributed by atoms with E-state index in [1.165, 1.54) is 0 Å². The van der Waals surface area contributed by atoms with Crippen molar-refractivity contribution in [2.24, 2.45) is 11.3 Å². The van der Waals surface area contributed by atoms with Crippen molar-refractivity contribution in [2.75, 3.05) is 10.6 Å². The molecule has 3 aromatic carbocycles. The molecule has 1 unspecified atom stereocenters. The van der Waals surface area contributed by atoms with Crippen LogP contribution in [0.3, 0.4) is 0 Å². The average molecular weight is 485 g/mol. The van der Waals surface area contributed by atoms with Crippen LogP contribution in [-0.4, -0.2) is 23.6 Å². The smallest absolute Gasteiger partial charge is 0.253 e. The van der Waals surface area contributed by atoms with Crippen molar-refractivity contribution in [2.45, 2.75) is 26.9 Å². The number of benzene rings is 3. The van der Waals surface area contributed by atoms with E-state index in [1.807, 2.05) is 60.7 Å². The number of nitrogens with one attached hydrogen (secondary N) is 4. The fourth-order valence-electron chi connectivity index (χ4n) is 4.17. The Bertz CT molecular complexity index is 1290. The molecule has 4 rings (SSSR count). The van der Waals surface area contributed by atoms with E-state index in [9.17, 15) is 19.2 Å². The van der Waals surface area contributed by atoms with E-state index in [4.69, 9.17) is 0 Å². The van der Waals surface area contributed by atoms with Crippen LogP contribution in [0, 0.1) is 11.3 Å². The van der Waals surface area contributed by atoms with Crippen LogP contribution in [0.2, 0.25) is 0 Å². The first kappa shape index (κ1) is 24.7. The van der Waals surface area contributed by atoms with Crippen LogP contribution in [0.5, 0.6) is 0 Å². The van der Waals surface area contributed by atoms with Crippen molar-refractivity contribution in [3.05, 3.63) is 95.6 Å². The SMILES string of the molecule is CC(C)(C(=O)NCc1ccccc1)C1C(=O)Nc2cccc(C(=O)NCc3ccccc3)c2NC1=O. The zero-order valence-corrected chi connectivity index (χ0v) is 20.1. The zero-order chi connectivity index (χ0) is 25.7. The summed E-state index contributed by atoms with van der Waals surface area (Å²) in [6, 6.07) is 23.6. The predicted molar refractivity (Wildman–Crippen MR) is 137 cm³/mol. The second-order valence-corrected chi connectivity index (χ2v) is 9.20. The second kappa shape index (κ2) is 10.4. The van der Waals surface area contributed by atoms with Gasteiger partial charge in [0.25, 0.3) is 5.91 Å². The lowest BCUT2D eigenvalue weighted by molar-refractivity contribution is -0.144. The Morgan fingerprint density at radius 1 is 0.750 bits per heavy atom. The van der Waals surface area contributed by atoms with E-state index in [2.05, 4.69) is 21.3 Å². The molecule has 1 atom stereocenters. The summed E-state index contributed by atoms with van der Waals surface area (Å²) in [6.07, 6.45) is 0. The van der Waals surface area contributed by atoms with Gasteiger partial charge >= 0.3 is 0 Å². The van der Waals surface area contributed by atoms with E-state index in [0.29, 0.717) is 12.2 Å². The number of carbonyl (C=O) groups is 4.